The van der Waals surface area contributed by atoms with E-state index in [0.717, 1.165) is 6.42 Å². The molecule has 0 aromatic rings. The first kappa shape index (κ1) is 17.1. The minimum absolute atomic E-state index is 0. The van der Waals surface area contributed by atoms with Crippen LogP contribution in [0.4, 0.5) is 0 Å². The van der Waals surface area contributed by atoms with Crippen molar-refractivity contribution in [3.63, 3.8) is 0 Å². The zero-order valence-corrected chi connectivity index (χ0v) is 10.8. The number of halogens is 1. The summed E-state index contributed by atoms with van der Waals surface area (Å²) in [4.78, 5) is 11.4. The average molecular weight is 239 g/mol. The molecule has 3 N–H and O–H groups in total. The van der Waals surface area contributed by atoms with Gasteiger partial charge in [-0.2, -0.15) is 0 Å². The van der Waals surface area contributed by atoms with Crippen LogP contribution in [0.15, 0.2) is 0 Å². The number of carbonyl (C=O) groups excluding carboxylic acids is 1. The molecule has 0 aliphatic heterocycles. The zero-order chi connectivity index (χ0) is 11.2. The van der Waals surface area contributed by atoms with Crippen LogP contribution in [0.1, 0.15) is 33.6 Å². The minimum Gasteiger partial charge on any atom is -0.382 e. The maximum atomic E-state index is 11.4. The highest BCUT2D eigenvalue weighted by Crippen LogP contribution is 2.03. The van der Waals surface area contributed by atoms with Gasteiger partial charge in [0.2, 0.25) is 5.91 Å². The average Bonchev–Trinajstić information content (AvgIpc) is 1.99. The molecule has 1 unspecified atom stereocenters. The number of rotatable bonds is 6. The Bertz CT molecular complexity index is 184. The molecule has 0 radical (unpaired) electrons. The van der Waals surface area contributed by atoms with E-state index < -0.39 is 0 Å². The van der Waals surface area contributed by atoms with Crippen molar-refractivity contribution in [2.45, 2.75) is 45.2 Å². The number of nitrogens with two attached hydrogens (primary N) is 1. The summed E-state index contributed by atoms with van der Waals surface area (Å²) in [5.41, 5.74) is 5.26. The lowest BCUT2D eigenvalue weighted by Crippen LogP contribution is -2.46. The summed E-state index contributed by atoms with van der Waals surface area (Å²) in [5.74, 6) is 0.0318. The number of carbonyl (C=O) groups is 1. The Morgan fingerprint density at radius 2 is 2.07 bits per heavy atom. The summed E-state index contributed by atoms with van der Waals surface area (Å²) in [7, 11) is 1.62. The van der Waals surface area contributed by atoms with Gasteiger partial charge in [-0.15, -0.1) is 12.4 Å². The number of nitrogens with one attached hydrogen (secondary N) is 1. The van der Waals surface area contributed by atoms with Gasteiger partial charge in [0.05, 0.1) is 12.1 Å². The fourth-order valence-electron chi connectivity index (χ4n) is 1.20. The first-order chi connectivity index (χ1) is 6.37. The molecule has 15 heavy (non-hydrogen) atoms. The first-order valence-corrected chi connectivity index (χ1v) is 4.93. The maximum absolute atomic E-state index is 11.4. The lowest BCUT2D eigenvalue weighted by molar-refractivity contribution is -0.123. The molecule has 0 fully saturated rings. The highest BCUT2D eigenvalue weighted by molar-refractivity contribution is 5.85. The van der Waals surface area contributed by atoms with E-state index >= 15 is 0 Å². The second kappa shape index (κ2) is 7.91. The molecule has 0 heterocycles. The summed E-state index contributed by atoms with van der Waals surface area (Å²) < 4.78 is 4.99. The molecule has 92 valence electrons. The highest BCUT2D eigenvalue weighted by Gasteiger charge is 2.19. The van der Waals surface area contributed by atoms with Crippen molar-refractivity contribution < 1.29 is 9.53 Å². The van der Waals surface area contributed by atoms with Crippen molar-refractivity contribution in [1.82, 2.24) is 5.32 Å². The quantitative estimate of drug-likeness (QED) is 0.728. The molecule has 1 atom stereocenters. The van der Waals surface area contributed by atoms with Gasteiger partial charge in [-0.1, -0.05) is 0 Å². The molecule has 0 aromatic carbocycles. The SMILES string of the molecule is COCC(C)(C)NC(=O)CCC(C)N.Cl. The van der Waals surface area contributed by atoms with Crippen molar-refractivity contribution in [2.24, 2.45) is 5.73 Å². The normalized spacial score (nSPS) is 12.9. The fourth-order valence-corrected chi connectivity index (χ4v) is 1.20. The van der Waals surface area contributed by atoms with Crippen LogP contribution in [0.5, 0.6) is 0 Å². The second-order valence-corrected chi connectivity index (χ2v) is 4.38. The number of methoxy groups -OCH3 is 1. The number of hydrogen-bond donors (Lipinski definition) is 2. The minimum atomic E-state index is -0.302. The largest absolute Gasteiger partial charge is 0.382 e. The highest BCUT2D eigenvalue weighted by atomic mass is 35.5. The monoisotopic (exact) mass is 238 g/mol. The van der Waals surface area contributed by atoms with Crippen LogP contribution >= 0.6 is 12.4 Å². The van der Waals surface area contributed by atoms with E-state index in [1.165, 1.54) is 0 Å². The predicted octanol–water partition coefficient (Wildman–Crippen LogP) is 1.08. The third kappa shape index (κ3) is 9.97. The third-order valence-corrected chi connectivity index (χ3v) is 1.81. The molecular weight excluding hydrogens is 216 g/mol. The summed E-state index contributed by atoms with van der Waals surface area (Å²) in [5, 5.41) is 2.89. The number of ether oxygens (including phenoxy) is 1. The molecule has 4 nitrogen and oxygen atoms in total. The predicted molar refractivity (Wildman–Crippen MR) is 64.2 cm³/mol. The summed E-state index contributed by atoms with van der Waals surface area (Å²) in [6, 6.07) is 0.0753. The van der Waals surface area contributed by atoms with Crippen molar-refractivity contribution in [2.75, 3.05) is 13.7 Å². The number of amides is 1. The van der Waals surface area contributed by atoms with E-state index in [0.29, 0.717) is 13.0 Å². The van der Waals surface area contributed by atoms with Gasteiger partial charge in [-0.05, 0) is 27.2 Å². The lowest BCUT2D eigenvalue weighted by Gasteiger charge is -2.25. The van der Waals surface area contributed by atoms with Crippen LogP contribution in [0, 0.1) is 0 Å². The molecule has 0 saturated heterocycles. The molecule has 0 bridgehead atoms. The van der Waals surface area contributed by atoms with Crippen LogP contribution in [0.25, 0.3) is 0 Å². The van der Waals surface area contributed by atoms with E-state index in [4.69, 9.17) is 10.5 Å². The maximum Gasteiger partial charge on any atom is 0.220 e. The van der Waals surface area contributed by atoms with E-state index in [2.05, 4.69) is 5.32 Å². The van der Waals surface area contributed by atoms with Gasteiger partial charge in [-0.25, -0.2) is 0 Å². The smallest absolute Gasteiger partial charge is 0.220 e. The van der Waals surface area contributed by atoms with Crippen LogP contribution in [0.2, 0.25) is 0 Å². The molecule has 1 amide bonds. The van der Waals surface area contributed by atoms with Gasteiger partial charge >= 0.3 is 0 Å². The van der Waals surface area contributed by atoms with Gasteiger partial charge in [0.1, 0.15) is 0 Å². The van der Waals surface area contributed by atoms with Gasteiger partial charge < -0.3 is 15.8 Å². The second-order valence-electron chi connectivity index (χ2n) is 4.38. The Kier molecular flexibility index (Phi) is 9.01. The summed E-state index contributed by atoms with van der Waals surface area (Å²) >= 11 is 0. The molecule has 0 rings (SSSR count). The third-order valence-electron chi connectivity index (χ3n) is 1.81. The summed E-state index contributed by atoms with van der Waals surface area (Å²) in [6.07, 6.45) is 1.19. The van der Waals surface area contributed by atoms with E-state index in [9.17, 15) is 4.79 Å². The first-order valence-electron chi connectivity index (χ1n) is 4.93. The molecule has 0 aromatic heterocycles. The van der Waals surface area contributed by atoms with Crippen molar-refractivity contribution >= 4 is 18.3 Å². The zero-order valence-electron chi connectivity index (χ0n) is 10.0. The molecule has 0 aliphatic rings. The van der Waals surface area contributed by atoms with Crippen LogP contribution in [-0.4, -0.2) is 31.2 Å². The Morgan fingerprint density at radius 1 is 1.53 bits per heavy atom. The molecular formula is C10H23ClN2O2. The van der Waals surface area contributed by atoms with Gasteiger partial charge in [0.15, 0.2) is 0 Å². The van der Waals surface area contributed by atoms with Crippen molar-refractivity contribution in [1.29, 1.82) is 0 Å². The summed E-state index contributed by atoms with van der Waals surface area (Å²) in [6.45, 7) is 6.27. The number of hydrogen-bond acceptors (Lipinski definition) is 3. The van der Waals surface area contributed by atoms with Crippen LogP contribution in [0.3, 0.4) is 0 Å². The lowest BCUT2D eigenvalue weighted by atomic mass is 10.1. The van der Waals surface area contributed by atoms with E-state index in [-0.39, 0.29) is 29.9 Å². The molecule has 0 spiro atoms. The van der Waals surface area contributed by atoms with Gasteiger partial charge in [-0.3, -0.25) is 4.79 Å². The van der Waals surface area contributed by atoms with Crippen molar-refractivity contribution in [3.8, 4) is 0 Å². The van der Waals surface area contributed by atoms with Crippen molar-refractivity contribution in [3.05, 3.63) is 0 Å². The Balaban J connectivity index is 0. The van der Waals surface area contributed by atoms with Crippen LogP contribution in [-0.2, 0) is 9.53 Å². The molecule has 0 saturated carbocycles. The van der Waals surface area contributed by atoms with E-state index in [1.54, 1.807) is 7.11 Å². The molecule has 5 heteroatoms. The topological polar surface area (TPSA) is 64.3 Å². The Hall–Kier alpha value is -0.320. The fraction of sp³-hybridized carbons (Fsp3) is 0.900. The van der Waals surface area contributed by atoms with Gasteiger partial charge in [0.25, 0.3) is 0 Å². The standard InChI is InChI=1S/C10H22N2O2.ClH/c1-8(11)5-6-9(13)12-10(2,3)7-14-4;/h8H,5-7,11H2,1-4H3,(H,12,13);1H. The van der Waals surface area contributed by atoms with Gasteiger partial charge in [0, 0.05) is 19.6 Å². The Morgan fingerprint density at radius 3 is 2.47 bits per heavy atom. The van der Waals surface area contributed by atoms with Crippen LogP contribution < -0.4 is 11.1 Å². The van der Waals surface area contributed by atoms with E-state index in [1.807, 2.05) is 20.8 Å². The molecule has 0 aliphatic carbocycles. The Labute approximate surface area is 98.3 Å².